The van der Waals surface area contributed by atoms with E-state index in [2.05, 4.69) is 48.4 Å². The van der Waals surface area contributed by atoms with Crippen molar-refractivity contribution in [2.75, 3.05) is 34.0 Å². The molecular formula is C49H55N6O9P. The molecule has 1 aliphatic heterocycles. The molecule has 0 amide bonds. The van der Waals surface area contributed by atoms with Gasteiger partial charge in [0.25, 0.3) is 14.1 Å². The molecule has 0 radical (unpaired) electrons. The van der Waals surface area contributed by atoms with Crippen molar-refractivity contribution in [1.82, 2.24) is 23.8 Å². The number of esters is 1. The van der Waals surface area contributed by atoms with Crippen LogP contribution in [0.15, 0.2) is 127 Å². The molecule has 340 valence electrons. The monoisotopic (exact) mass is 902 g/mol. The van der Waals surface area contributed by atoms with Crippen LogP contribution in [0.1, 0.15) is 73.8 Å². The average molecular weight is 903 g/mol. The molecule has 1 saturated heterocycles. The van der Waals surface area contributed by atoms with E-state index in [0.29, 0.717) is 29.1 Å². The molecule has 1 fully saturated rings. The summed E-state index contributed by atoms with van der Waals surface area (Å²) in [5.41, 5.74) is 1.94. The van der Waals surface area contributed by atoms with Crippen molar-refractivity contribution < 1.29 is 37.5 Å². The number of nitrogens with zero attached hydrogens (tertiary/aromatic N) is 6. The van der Waals surface area contributed by atoms with E-state index in [1.54, 1.807) is 43.1 Å². The van der Waals surface area contributed by atoms with Gasteiger partial charge in [0.1, 0.15) is 36.1 Å². The lowest BCUT2D eigenvalue weighted by Gasteiger charge is -2.37. The number of ether oxygens (including phenoxy) is 5. The zero-order valence-electron chi connectivity index (χ0n) is 37.5. The second-order valence-electron chi connectivity index (χ2n) is 16.0. The average Bonchev–Trinajstić information content (AvgIpc) is 3.94. The molecule has 0 spiro atoms. The molecule has 16 heteroatoms. The molecular weight excluding hydrogens is 848 g/mol. The van der Waals surface area contributed by atoms with Crippen LogP contribution in [0.3, 0.4) is 0 Å². The maximum Gasteiger partial charge on any atom is 0.338 e. The summed E-state index contributed by atoms with van der Waals surface area (Å²) in [7, 11) is 1.56. The number of nitriles is 1. The fourth-order valence-electron chi connectivity index (χ4n) is 8.05. The molecule has 2 aromatic heterocycles. The maximum absolute atomic E-state index is 13.9. The van der Waals surface area contributed by atoms with E-state index in [1.165, 1.54) is 17.2 Å². The summed E-state index contributed by atoms with van der Waals surface area (Å²) in [4.78, 5) is 35.6. The summed E-state index contributed by atoms with van der Waals surface area (Å²) in [6.07, 6.45) is 1.52. The standard InChI is InChI=1S/C49H55N6O9P/c1-34(2)55(35(3)4)65(62-28-13-26-50)64-43-30-42(63-47(43)54-33-51-44-45(54)52-32-53(46(44)56)27-29-60-48(57)36-14-9-7-10-15-36)31-61-49(37-16-11-8-12-17-37,38-18-22-40(58-5)23-19-38)39-20-24-41(59-6)25-21-39/h7-12,14-25,32-35,42-43,47H,13,27-31H2,1-6H3/t42-,43+,47+,65?/m0/s1. The van der Waals surface area contributed by atoms with Crippen LogP contribution >= 0.6 is 8.53 Å². The van der Waals surface area contributed by atoms with Gasteiger partial charge in [-0.05, 0) is 80.8 Å². The van der Waals surface area contributed by atoms with Crippen molar-refractivity contribution in [3.05, 3.63) is 154 Å². The van der Waals surface area contributed by atoms with Gasteiger partial charge in [0.2, 0.25) is 0 Å². The second-order valence-corrected chi connectivity index (χ2v) is 17.4. The Balaban J connectivity index is 1.23. The van der Waals surface area contributed by atoms with Crippen molar-refractivity contribution in [3.63, 3.8) is 0 Å². The number of carbonyl (C=O) groups excluding carboxylic acids is 1. The van der Waals surface area contributed by atoms with Crippen LogP contribution in [0, 0.1) is 11.3 Å². The highest BCUT2D eigenvalue weighted by Crippen LogP contribution is 2.51. The van der Waals surface area contributed by atoms with Gasteiger partial charge in [-0.2, -0.15) is 5.26 Å². The fourth-order valence-corrected chi connectivity index (χ4v) is 9.78. The van der Waals surface area contributed by atoms with Gasteiger partial charge in [0, 0.05) is 18.5 Å². The summed E-state index contributed by atoms with van der Waals surface area (Å²) >= 11 is 0. The summed E-state index contributed by atoms with van der Waals surface area (Å²) in [6, 6.07) is 36.6. The maximum atomic E-state index is 13.9. The number of carbonyl (C=O) groups is 1. The third-order valence-electron chi connectivity index (χ3n) is 11.1. The van der Waals surface area contributed by atoms with Gasteiger partial charge in [0.05, 0.1) is 64.5 Å². The molecule has 0 bridgehead atoms. The Morgan fingerprint density at radius 1 is 0.846 bits per heavy atom. The van der Waals surface area contributed by atoms with Crippen molar-refractivity contribution in [2.24, 2.45) is 0 Å². The van der Waals surface area contributed by atoms with Crippen LogP contribution in [0.5, 0.6) is 11.5 Å². The fraction of sp³-hybridized carbons (Fsp3) is 0.367. The third-order valence-corrected chi connectivity index (χ3v) is 13.2. The predicted octanol–water partition coefficient (Wildman–Crippen LogP) is 8.42. The summed E-state index contributed by atoms with van der Waals surface area (Å²) < 4.78 is 49.4. The summed E-state index contributed by atoms with van der Waals surface area (Å²) in [5, 5.41) is 9.42. The minimum absolute atomic E-state index is 0.0417. The van der Waals surface area contributed by atoms with Gasteiger partial charge in [0.15, 0.2) is 17.4 Å². The van der Waals surface area contributed by atoms with E-state index in [4.69, 9.17) is 32.7 Å². The van der Waals surface area contributed by atoms with Crippen LogP contribution in [-0.4, -0.2) is 88.1 Å². The highest BCUT2D eigenvalue weighted by molar-refractivity contribution is 7.44. The van der Waals surface area contributed by atoms with E-state index >= 15 is 0 Å². The Labute approximate surface area is 380 Å². The van der Waals surface area contributed by atoms with Gasteiger partial charge in [-0.15, -0.1) is 0 Å². The highest BCUT2D eigenvalue weighted by Gasteiger charge is 2.45. The molecule has 7 rings (SSSR count). The zero-order valence-corrected chi connectivity index (χ0v) is 38.4. The minimum Gasteiger partial charge on any atom is -0.497 e. The lowest BCUT2D eigenvalue weighted by atomic mass is 9.80. The molecule has 6 aromatic rings. The van der Waals surface area contributed by atoms with E-state index in [9.17, 15) is 14.9 Å². The normalized spacial score (nSPS) is 16.8. The number of hydrogen-bond acceptors (Lipinski definition) is 13. The first-order valence-corrected chi connectivity index (χ1v) is 22.7. The number of imidazole rings is 1. The van der Waals surface area contributed by atoms with Gasteiger partial charge in [-0.3, -0.25) is 13.9 Å². The predicted molar refractivity (Wildman–Crippen MR) is 245 cm³/mol. The van der Waals surface area contributed by atoms with Crippen molar-refractivity contribution in [2.45, 2.75) is 83.2 Å². The molecule has 0 aliphatic carbocycles. The molecule has 3 heterocycles. The van der Waals surface area contributed by atoms with Crippen LogP contribution < -0.4 is 15.0 Å². The number of fused-ring (bicyclic) bond motifs is 1. The Morgan fingerprint density at radius 2 is 1.45 bits per heavy atom. The number of methoxy groups -OCH3 is 2. The molecule has 1 unspecified atom stereocenters. The third kappa shape index (κ3) is 10.6. The van der Waals surface area contributed by atoms with Crippen LogP contribution in [0.25, 0.3) is 11.2 Å². The number of benzene rings is 4. The zero-order chi connectivity index (χ0) is 45.9. The first-order valence-electron chi connectivity index (χ1n) is 21.6. The van der Waals surface area contributed by atoms with Gasteiger partial charge >= 0.3 is 5.97 Å². The first-order chi connectivity index (χ1) is 31.6. The van der Waals surface area contributed by atoms with Gasteiger partial charge in [-0.25, -0.2) is 19.4 Å². The Morgan fingerprint density at radius 3 is 2.03 bits per heavy atom. The molecule has 0 saturated carbocycles. The quantitative estimate of drug-likeness (QED) is 0.0293. The lowest BCUT2D eigenvalue weighted by Crippen LogP contribution is -2.36. The molecule has 0 N–H and O–H groups in total. The van der Waals surface area contributed by atoms with E-state index in [1.807, 2.05) is 84.9 Å². The molecule has 65 heavy (non-hydrogen) atoms. The number of hydrogen-bond donors (Lipinski definition) is 0. The Bertz CT molecular complexity index is 2510. The largest absolute Gasteiger partial charge is 0.497 e. The number of aromatic nitrogens is 4. The molecule has 4 aromatic carbocycles. The lowest BCUT2D eigenvalue weighted by molar-refractivity contribution is -0.0839. The van der Waals surface area contributed by atoms with Crippen molar-refractivity contribution >= 4 is 25.7 Å². The SMILES string of the molecule is COc1ccc(C(OC[C@@H]2C[C@@H](OP(OCCC#N)N(C(C)C)C(C)C)[C@H](n3cnc4c(=O)n(CCOC(=O)c5ccccc5)cnc43)O2)(c2ccccc2)c2ccc(OC)cc2)cc1. The van der Waals surface area contributed by atoms with E-state index in [0.717, 1.165) is 16.7 Å². The molecule has 4 atom stereocenters. The highest BCUT2D eigenvalue weighted by atomic mass is 31.2. The number of rotatable bonds is 21. The Hall–Kier alpha value is -5.98. The van der Waals surface area contributed by atoms with Crippen molar-refractivity contribution in [1.29, 1.82) is 5.26 Å². The molecule has 15 nitrogen and oxygen atoms in total. The second kappa shape index (κ2) is 21.8. The Kier molecular flexibility index (Phi) is 15.8. The van der Waals surface area contributed by atoms with Crippen LogP contribution in [-0.2, 0) is 35.4 Å². The van der Waals surface area contributed by atoms with Crippen LogP contribution in [0.4, 0.5) is 0 Å². The van der Waals surface area contributed by atoms with Gasteiger partial charge < -0.3 is 32.7 Å². The smallest absolute Gasteiger partial charge is 0.338 e. The summed E-state index contributed by atoms with van der Waals surface area (Å²) in [6.45, 7) is 8.64. The first kappa shape index (κ1) is 47.0. The van der Waals surface area contributed by atoms with Crippen LogP contribution in [0.2, 0.25) is 0 Å². The molecule has 1 aliphatic rings. The van der Waals surface area contributed by atoms with Crippen molar-refractivity contribution in [3.8, 4) is 17.6 Å². The van der Waals surface area contributed by atoms with Gasteiger partial charge in [-0.1, -0.05) is 72.8 Å². The topological polar surface area (TPSA) is 161 Å². The van der Waals surface area contributed by atoms with E-state index in [-0.39, 0.29) is 50.4 Å². The van der Waals surface area contributed by atoms with E-state index < -0.39 is 44.1 Å². The summed E-state index contributed by atoms with van der Waals surface area (Å²) in [5.74, 6) is 0.924. The minimum atomic E-state index is -1.70.